The van der Waals surface area contributed by atoms with E-state index in [4.69, 9.17) is 13.9 Å². The molecule has 0 unspecified atom stereocenters. The quantitative estimate of drug-likeness (QED) is 0.234. The Morgan fingerprint density at radius 2 is 2.03 bits per heavy atom. The van der Waals surface area contributed by atoms with Gasteiger partial charge in [-0.05, 0) is 48.0 Å². The molecule has 0 saturated heterocycles. The van der Waals surface area contributed by atoms with Crippen molar-refractivity contribution in [3.8, 4) is 22.8 Å². The number of hydrogen-bond acceptors (Lipinski definition) is 7. The Bertz CT molecular complexity index is 1700. The lowest BCUT2D eigenvalue weighted by Gasteiger charge is -2.09. The summed E-state index contributed by atoms with van der Waals surface area (Å²) in [6.45, 7) is 4.04. The van der Waals surface area contributed by atoms with E-state index in [1.165, 1.54) is 15.9 Å². The summed E-state index contributed by atoms with van der Waals surface area (Å²) < 4.78 is 19.7. The smallest absolute Gasteiger partial charge is 0.291 e. The standard InChI is InChI=1S/C27H20BrN3O4S/c1-3-13-34-22-10-7-17(14-23(22)33-2)8-12-25-29-27-31(30-25)26(32)24(36-27)16-20-9-11-21(35-20)18-5-4-6-19(28)15-18/h3-12,14-16H,1,13H2,2H3/b12-8+,24-16-. The molecule has 5 aromatic rings. The van der Waals surface area contributed by atoms with E-state index in [9.17, 15) is 4.79 Å². The van der Waals surface area contributed by atoms with Gasteiger partial charge < -0.3 is 13.9 Å². The van der Waals surface area contributed by atoms with Crippen molar-refractivity contribution in [2.45, 2.75) is 0 Å². The van der Waals surface area contributed by atoms with Crippen LogP contribution in [0.2, 0.25) is 0 Å². The number of hydrogen-bond donors (Lipinski definition) is 0. The number of ether oxygens (including phenoxy) is 2. The molecule has 0 aliphatic heterocycles. The molecule has 36 heavy (non-hydrogen) atoms. The summed E-state index contributed by atoms with van der Waals surface area (Å²) in [6, 6.07) is 17.1. The van der Waals surface area contributed by atoms with Crippen LogP contribution in [0.25, 0.3) is 34.5 Å². The highest BCUT2D eigenvalue weighted by molar-refractivity contribution is 9.10. The first kappa shape index (κ1) is 23.8. The van der Waals surface area contributed by atoms with Gasteiger partial charge in [-0.3, -0.25) is 4.79 Å². The maximum Gasteiger partial charge on any atom is 0.291 e. The maximum absolute atomic E-state index is 12.9. The molecule has 0 atom stereocenters. The molecule has 0 saturated carbocycles. The highest BCUT2D eigenvalue weighted by Crippen LogP contribution is 2.29. The van der Waals surface area contributed by atoms with Gasteiger partial charge in [0, 0.05) is 16.1 Å². The number of furan rings is 1. The van der Waals surface area contributed by atoms with Crippen molar-refractivity contribution in [2.75, 3.05) is 13.7 Å². The molecule has 7 nitrogen and oxygen atoms in total. The molecule has 3 heterocycles. The third-order valence-electron chi connectivity index (χ3n) is 5.18. The lowest BCUT2D eigenvalue weighted by atomic mass is 10.2. The molecule has 0 radical (unpaired) electrons. The summed E-state index contributed by atoms with van der Waals surface area (Å²) >= 11 is 4.73. The molecule has 3 aromatic heterocycles. The number of aromatic nitrogens is 3. The van der Waals surface area contributed by atoms with Crippen LogP contribution in [0.5, 0.6) is 11.5 Å². The molecule has 0 spiro atoms. The van der Waals surface area contributed by atoms with Crippen molar-refractivity contribution in [1.82, 2.24) is 14.6 Å². The topological polar surface area (TPSA) is 78.9 Å². The third kappa shape index (κ3) is 5.02. The first-order chi connectivity index (χ1) is 17.5. The number of benzene rings is 2. The van der Waals surface area contributed by atoms with Crippen molar-refractivity contribution >= 4 is 50.5 Å². The SMILES string of the molecule is C=CCOc1ccc(/C=C/c2nc3s/c(=C\c4ccc(-c5cccc(Br)c5)o4)c(=O)n3n2)cc1OC. The Morgan fingerprint density at radius 3 is 2.81 bits per heavy atom. The summed E-state index contributed by atoms with van der Waals surface area (Å²) in [7, 11) is 1.59. The zero-order valence-electron chi connectivity index (χ0n) is 19.2. The Labute approximate surface area is 218 Å². The average molecular weight is 562 g/mol. The fourth-order valence-electron chi connectivity index (χ4n) is 3.50. The fourth-order valence-corrected chi connectivity index (χ4v) is 4.80. The van der Waals surface area contributed by atoms with Gasteiger partial charge in [-0.2, -0.15) is 9.50 Å². The number of halogens is 1. The number of nitrogens with zero attached hydrogens (tertiary/aromatic N) is 3. The number of thiazole rings is 1. The highest BCUT2D eigenvalue weighted by Gasteiger charge is 2.11. The minimum absolute atomic E-state index is 0.243. The van der Waals surface area contributed by atoms with Crippen molar-refractivity contribution in [3.05, 3.63) is 104 Å². The second-order valence-corrected chi connectivity index (χ2v) is 9.56. The van der Waals surface area contributed by atoms with Gasteiger partial charge >= 0.3 is 0 Å². The van der Waals surface area contributed by atoms with Crippen LogP contribution in [0.4, 0.5) is 0 Å². The van der Waals surface area contributed by atoms with E-state index in [2.05, 4.69) is 32.6 Å². The van der Waals surface area contributed by atoms with E-state index in [-0.39, 0.29) is 5.56 Å². The zero-order chi connectivity index (χ0) is 25.1. The molecule has 2 aromatic carbocycles. The number of rotatable bonds is 8. The van der Waals surface area contributed by atoms with Gasteiger partial charge in [0.05, 0.1) is 7.11 Å². The van der Waals surface area contributed by atoms with Crippen molar-refractivity contribution in [3.63, 3.8) is 0 Å². The van der Waals surface area contributed by atoms with Crippen LogP contribution < -0.4 is 19.6 Å². The molecule has 0 aliphatic carbocycles. The first-order valence-electron chi connectivity index (χ1n) is 10.9. The zero-order valence-corrected chi connectivity index (χ0v) is 21.6. The van der Waals surface area contributed by atoms with Crippen LogP contribution in [0, 0.1) is 0 Å². The van der Waals surface area contributed by atoms with E-state index in [1.807, 2.05) is 60.7 Å². The van der Waals surface area contributed by atoms with Crippen molar-refractivity contribution in [2.24, 2.45) is 0 Å². The monoisotopic (exact) mass is 561 g/mol. The molecular weight excluding hydrogens is 542 g/mol. The second kappa shape index (κ2) is 10.3. The maximum atomic E-state index is 12.9. The second-order valence-electron chi connectivity index (χ2n) is 7.64. The number of methoxy groups -OCH3 is 1. The van der Waals surface area contributed by atoms with Gasteiger partial charge in [0.1, 0.15) is 22.7 Å². The number of fused-ring (bicyclic) bond motifs is 1. The molecule has 0 N–H and O–H groups in total. The molecule has 0 amide bonds. The normalized spacial score (nSPS) is 12.0. The van der Waals surface area contributed by atoms with E-state index in [0.717, 1.165) is 21.4 Å². The van der Waals surface area contributed by atoms with Gasteiger partial charge in [0.15, 0.2) is 17.3 Å². The van der Waals surface area contributed by atoms with Gasteiger partial charge in [0.25, 0.3) is 5.56 Å². The Kier molecular flexibility index (Phi) is 6.84. The molecule has 5 rings (SSSR count). The van der Waals surface area contributed by atoms with Crippen LogP contribution in [0.1, 0.15) is 17.1 Å². The molecular formula is C27H20BrN3O4S. The Hall–Kier alpha value is -3.95. The van der Waals surface area contributed by atoms with E-state index >= 15 is 0 Å². The fraction of sp³-hybridized carbons (Fsp3) is 0.0741. The lowest BCUT2D eigenvalue weighted by molar-refractivity contribution is 0.326. The van der Waals surface area contributed by atoms with Crippen molar-refractivity contribution in [1.29, 1.82) is 0 Å². The summed E-state index contributed by atoms with van der Waals surface area (Å²) in [4.78, 5) is 17.9. The summed E-state index contributed by atoms with van der Waals surface area (Å²) in [5.74, 6) is 2.99. The van der Waals surface area contributed by atoms with E-state index < -0.39 is 0 Å². The van der Waals surface area contributed by atoms with Crippen LogP contribution in [0.3, 0.4) is 0 Å². The predicted molar refractivity (Wildman–Crippen MR) is 145 cm³/mol. The summed E-state index contributed by atoms with van der Waals surface area (Å²) in [5, 5.41) is 4.35. The van der Waals surface area contributed by atoms with Crippen LogP contribution in [-0.4, -0.2) is 28.3 Å². The third-order valence-corrected chi connectivity index (χ3v) is 6.63. The lowest BCUT2D eigenvalue weighted by Crippen LogP contribution is -2.23. The highest BCUT2D eigenvalue weighted by atomic mass is 79.9. The summed E-state index contributed by atoms with van der Waals surface area (Å²) in [5.41, 5.74) is 1.58. The molecule has 9 heteroatoms. The van der Waals surface area contributed by atoms with Crippen molar-refractivity contribution < 1.29 is 13.9 Å². The van der Waals surface area contributed by atoms with E-state index in [1.54, 1.807) is 25.3 Å². The minimum atomic E-state index is -0.243. The van der Waals surface area contributed by atoms with E-state index in [0.29, 0.717) is 39.2 Å². The minimum Gasteiger partial charge on any atom is -0.493 e. The van der Waals surface area contributed by atoms with Crippen LogP contribution >= 0.6 is 27.3 Å². The molecule has 180 valence electrons. The average Bonchev–Trinajstić information content (AvgIpc) is 3.59. The van der Waals surface area contributed by atoms with Crippen LogP contribution in [-0.2, 0) is 0 Å². The molecule has 0 aliphatic rings. The van der Waals surface area contributed by atoms with Crippen LogP contribution in [0.15, 0.2) is 80.9 Å². The molecule has 0 fully saturated rings. The first-order valence-corrected chi connectivity index (χ1v) is 12.5. The molecule has 0 bridgehead atoms. The van der Waals surface area contributed by atoms with Gasteiger partial charge in [-0.25, -0.2) is 0 Å². The summed E-state index contributed by atoms with van der Waals surface area (Å²) in [6.07, 6.45) is 6.98. The largest absolute Gasteiger partial charge is 0.493 e. The van der Waals surface area contributed by atoms with Gasteiger partial charge in [0.2, 0.25) is 4.96 Å². The Morgan fingerprint density at radius 1 is 1.14 bits per heavy atom. The van der Waals surface area contributed by atoms with Gasteiger partial charge in [-0.15, -0.1) is 5.10 Å². The van der Waals surface area contributed by atoms with Gasteiger partial charge in [-0.1, -0.05) is 64.2 Å². The Balaban J connectivity index is 1.37. The predicted octanol–water partition coefficient (Wildman–Crippen LogP) is 5.47.